The third-order valence-corrected chi connectivity index (χ3v) is 6.48. The number of rotatable bonds is 8. The molecule has 0 spiro atoms. The Labute approximate surface area is 204 Å². The zero-order valence-corrected chi connectivity index (χ0v) is 20.1. The Morgan fingerprint density at radius 3 is 2.80 bits per heavy atom. The van der Waals surface area contributed by atoms with E-state index in [9.17, 15) is 5.26 Å². The number of nitrogens with one attached hydrogen (secondary N) is 1. The van der Waals surface area contributed by atoms with Crippen LogP contribution in [0.3, 0.4) is 0 Å². The van der Waals surface area contributed by atoms with Crippen LogP contribution in [0.1, 0.15) is 12.0 Å². The molecule has 8 nitrogen and oxygen atoms in total. The number of aromatic nitrogens is 1. The smallest absolute Gasteiger partial charge is 0.163 e. The van der Waals surface area contributed by atoms with Crippen LogP contribution in [0.5, 0.6) is 11.5 Å². The lowest BCUT2D eigenvalue weighted by Gasteiger charge is -2.32. The summed E-state index contributed by atoms with van der Waals surface area (Å²) in [6.45, 7) is 6.03. The number of hydrogen-bond acceptors (Lipinski definition) is 8. The number of nitrogens with zero attached hydrogens (tertiary/aromatic N) is 4. The number of para-hydroxylation sites is 1. The number of hydrogen-bond donors (Lipinski definition) is 1. The second-order valence-electron chi connectivity index (χ2n) is 8.80. The molecule has 1 fully saturated rings. The molecule has 0 amide bonds. The Kier molecular flexibility index (Phi) is 6.70. The van der Waals surface area contributed by atoms with Crippen LogP contribution in [-0.2, 0) is 0 Å². The molecule has 0 bridgehead atoms. The normalized spacial score (nSPS) is 14.8. The first-order valence-corrected chi connectivity index (χ1v) is 11.8. The molecule has 35 heavy (non-hydrogen) atoms. The Bertz CT molecular complexity index is 1370. The topological polar surface area (TPSA) is 86.8 Å². The largest absolute Gasteiger partial charge is 0.493 e. The van der Waals surface area contributed by atoms with E-state index >= 15 is 0 Å². The van der Waals surface area contributed by atoms with Crippen LogP contribution in [0.25, 0.3) is 21.9 Å². The van der Waals surface area contributed by atoms with Crippen LogP contribution in [0.15, 0.2) is 53.3 Å². The fourth-order valence-corrected chi connectivity index (χ4v) is 4.46. The summed E-state index contributed by atoms with van der Waals surface area (Å²) < 4.78 is 17.4. The number of anilines is 2. The molecular formula is C27H29N5O3. The van der Waals surface area contributed by atoms with Crippen LogP contribution in [-0.4, -0.2) is 68.3 Å². The monoisotopic (exact) mass is 471 g/mol. The predicted octanol–water partition coefficient (Wildman–Crippen LogP) is 4.62. The maximum Gasteiger partial charge on any atom is 0.163 e. The van der Waals surface area contributed by atoms with E-state index in [0.717, 1.165) is 61.2 Å². The minimum absolute atomic E-state index is 0.434. The lowest BCUT2D eigenvalue weighted by atomic mass is 10.1. The number of pyridine rings is 1. The summed E-state index contributed by atoms with van der Waals surface area (Å²) in [5, 5.41) is 14.9. The lowest BCUT2D eigenvalue weighted by molar-refractivity contribution is 0.145. The van der Waals surface area contributed by atoms with Gasteiger partial charge in [-0.25, -0.2) is 0 Å². The minimum Gasteiger partial charge on any atom is -0.493 e. The van der Waals surface area contributed by atoms with E-state index in [0.29, 0.717) is 34.9 Å². The molecule has 1 aliphatic heterocycles. The van der Waals surface area contributed by atoms with Crippen LogP contribution < -0.4 is 14.8 Å². The number of furan rings is 1. The molecule has 1 N–H and O–H groups in total. The van der Waals surface area contributed by atoms with E-state index < -0.39 is 0 Å². The summed E-state index contributed by atoms with van der Waals surface area (Å²) in [5.74, 6) is 1.25. The van der Waals surface area contributed by atoms with E-state index in [1.807, 2.05) is 36.4 Å². The fraction of sp³-hybridized carbons (Fsp3) is 0.333. The number of methoxy groups -OCH3 is 1. The lowest BCUT2D eigenvalue weighted by Crippen LogP contribution is -2.44. The van der Waals surface area contributed by atoms with Gasteiger partial charge in [0, 0.05) is 55.8 Å². The van der Waals surface area contributed by atoms with Crippen LogP contribution in [0, 0.1) is 11.3 Å². The van der Waals surface area contributed by atoms with E-state index in [1.54, 1.807) is 19.6 Å². The van der Waals surface area contributed by atoms with E-state index in [1.165, 1.54) is 0 Å². The van der Waals surface area contributed by atoms with Gasteiger partial charge < -0.3 is 29.0 Å². The quantitative estimate of drug-likeness (QED) is 0.373. The summed E-state index contributed by atoms with van der Waals surface area (Å²) in [7, 11) is 3.79. The maximum absolute atomic E-state index is 9.76. The van der Waals surface area contributed by atoms with Crippen molar-refractivity contribution in [2.24, 2.45) is 0 Å². The van der Waals surface area contributed by atoms with Gasteiger partial charge in [-0.05, 0) is 31.7 Å². The van der Waals surface area contributed by atoms with Gasteiger partial charge in [-0.3, -0.25) is 4.98 Å². The summed E-state index contributed by atoms with van der Waals surface area (Å²) in [4.78, 5) is 9.35. The van der Waals surface area contributed by atoms with Gasteiger partial charge in [-0.2, -0.15) is 5.26 Å². The third-order valence-electron chi connectivity index (χ3n) is 6.48. The number of ether oxygens (including phenoxy) is 2. The van der Waals surface area contributed by atoms with Gasteiger partial charge in [0.25, 0.3) is 0 Å². The highest BCUT2D eigenvalue weighted by atomic mass is 16.5. The molecule has 5 rings (SSSR count). The first-order chi connectivity index (χ1) is 17.2. The zero-order chi connectivity index (χ0) is 24.2. The van der Waals surface area contributed by atoms with Crippen molar-refractivity contribution in [3.05, 3.63) is 54.4 Å². The highest BCUT2D eigenvalue weighted by Crippen LogP contribution is 2.38. The number of piperazine rings is 1. The van der Waals surface area contributed by atoms with Crippen LogP contribution in [0.2, 0.25) is 0 Å². The van der Waals surface area contributed by atoms with E-state index in [2.05, 4.69) is 33.2 Å². The predicted molar refractivity (Wildman–Crippen MR) is 137 cm³/mol. The van der Waals surface area contributed by atoms with E-state index in [-0.39, 0.29) is 0 Å². The van der Waals surface area contributed by atoms with Crippen molar-refractivity contribution in [2.75, 3.05) is 58.8 Å². The molecule has 2 aromatic heterocycles. The molecule has 0 radical (unpaired) electrons. The number of benzene rings is 2. The summed E-state index contributed by atoms with van der Waals surface area (Å²) in [5.41, 5.74) is 3.31. The average Bonchev–Trinajstić information content (AvgIpc) is 3.37. The fourth-order valence-electron chi connectivity index (χ4n) is 4.46. The molecule has 2 aromatic carbocycles. The second kappa shape index (κ2) is 10.2. The Balaban J connectivity index is 1.38. The summed E-state index contributed by atoms with van der Waals surface area (Å²) in [6, 6.07) is 13.8. The highest BCUT2D eigenvalue weighted by Gasteiger charge is 2.17. The van der Waals surface area contributed by atoms with Crippen molar-refractivity contribution in [1.82, 2.24) is 14.8 Å². The number of nitriles is 1. The van der Waals surface area contributed by atoms with Gasteiger partial charge in [0.15, 0.2) is 17.1 Å². The van der Waals surface area contributed by atoms with Crippen molar-refractivity contribution in [3.8, 4) is 17.6 Å². The molecular weight excluding hydrogens is 442 g/mol. The van der Waals surface area contributed by atoms with Crippen LogP contribution >= 0.6 is 0 Å². The molecule has 0 aliphatic carbocycles. The third kappa shape index (κ3) is 4.87. The molecule has 0 saturated carbocycles. The van der Waals surface area contributed by atoms with Gasteiger partial charge in [-0.15, -0.1) is 0 Å². The Hall–Kier alpha value is -3.80. The first kappa shape index (κ1) is 23.0. The van der Waals surface area contributed by atoms with Crippen LogP contribution in [0.4, 0.5) is 11.4 Å². The zero-order valence-electron chi connectivity index (χ0n) is 20.1. The van der Waals surface area contributed by atoms with Crippen molar-refractivity contribution >= 4 is 33.2 Å². The van der Waals surface area contributed by atoms with Gasteiger partial charge in [0.05, 0.1) is 42.4 Å². The molecule has 4 aromatic rings. The number of fused-ring (bicyclic) bond motifs is 2. The molecule has 8 heteroatoms. The second-order valence-corrected chi connectivity index (χ2v) is 8.80. The summed E-state index contributed by atoms with van der Waals surface area (Å²) >= 11 is 0. The Morgan fingerprint density at radius 1 is 1.14 bits per heavy atom. The van der Waals surface area contributed by atoms with Gasteiger partial charge in [0.2, 0.25) is 0 Å². The number of likely N-dealkylation sites (N-methyl/N-ethyl adjacent to an activating group) is 1. The van der Waals surface area contributed by atoms with Crippen molar-refractivity contribution in [3.63, 3.8) is 0 Å². The maximum atomic E-state index is 9.76. The Morgan fingerprint density at radius 2 is 2.00 bits per heavy atom. The molecule has 1 saturated heterocycles. The average molecular weight is 472 g/mol. The summed E-state index contributed by atoms with van der Waals surface area (Å²) in [6.07, 6.45) is 4.17. The molecule has 0 unspecified atom stereocenters. The first-order valence-electron chi connectivity index (χ1n) is 11.8. The minimum atomic E-state index is 0.434. The molecule has 180 valence electrons. The standard InChI is InChI=1S/C27H29N5O3/c1-31-9-11-32(12-10-31)8-4-13-34-25-16-23-21(15-24(25)33-2)26(20(17-28)18-29-23)30-22-6-3-5-19-7-14-35-27(19)22/h3,5-7,14-16,18H,4,8-13H2,1-2H3,(H,29,30). The molecule has 1 aliphatic rings. The highest BCUT2D eigenvalue weighted by molar-refractivity contribution is 6.00. The SMILES string of the molecule is COc1cc2c(Nc3cccc4ccoc34)c(C#N)cnc2cc1OCCCN1CCN(C)CC1. The van der Waals surface area contributed by atoms with E-state index in [4.69, 9.17) is 13.9 Å². The van der Waals surface area contributed by atoms with Gasteiger partial charge >= 0.3 is 0 Å². The molecule has 0 atom stereocenters. The molecule has 3 heterocycles. The van der Waals surface area contributed by atoms with Gasteiger partial charge in [0.1, 0.15) is 6.07 Å². The van der Waals surface area contributed by atoms with Crippen molar-refractivity contribution in [2.45, 2.75) is 6.42 Å². The van der Waals surface area contributed by atoms with Gasteiger partial charge in [-0.1, -0.05) is 12.1 Å². The van der Waals surface area contributed by atoms with Crippen molar-refractivity contribution in [1.29, 1.82) is 5.26 Å². The van der Waals surface area contributed by atoms with Crippen molar-refractivity contribution < 1.29 is 13.9 Å².